The number of nitrogens with one attached hydrogen (secondary N) is 1. The molecular formula is C23H25N9O3S2. The van der Waals surface area contributed by atoms with Gasteiger partial charge in [-0.25, -0.2) is 37.2 Å². The number of hydrogen-bond donors (Lipinski definition) is 1. The molecule has 14 heteroatoms. The third-order valence-corrected chi connectivity index (χ3v) is 7.62. The normalized spacial score (nSPS) is 15.9. The van der Waals surface area contributed by atoms with Crippen molar-refractivity contribution >= 4 is 39.5 Å². The maximum Gasteiger partial charge on any atom is 0.296 e. The number of hydrogen-bond acceptors (Lipinski definition) is 10. The van der Waals surface area contributed by atoms with Gasteiger partial charge < -0.3 is 9.80 Å². The van der Waals surface area contributed by atoms with Gasteiger partial charge in [-0.3, -0.25) is 4.79 Å². The Hall–Kier alpha value is -3.67. The van der Waals surface area contributed by atoms with Gasteiger partial charge >= 0.3 is 0 Å². The summed E-state index contributed by atoms with van der Waals surface area (Å²) in [5, 5.41) is 9.18. The summed E-state index contributed by atoms with van der Waals surface area (Å²) < 4.78 is 26.6. The number of piperazine rings is 1. The van der Waals surface area contributed by atoms with E-state index in [1.807, 2.05) is 19.1 Å². The number of imidazole rings is 1. The molecule has 0 radical (unpaired) electrons. The summed E-state index contributed by atoms with van der Waals surface area (Å²) in [6.07, 6.45) is 4.51. The number of carbonyl (C=O) groups is 1. The first-order valence-electron chi connectivity index (χ1n) is 11.6. The van der Waals surface area contributed by atoms with E-state index in [2.05, 4.69) is 41.1 Å². The van der Waals surface area contributed by atoms with E-state index in [-0.39, 0.29) is 11.7 Å². The molecule has 3 aromatic rings. The van der Waals surface area contributed by atoms with E-state index in [0.717, 1.165) is 59.0 Å². The third kappa shape index (κ3) is 5.53. The Balaban J connectivity index is 1.23. The van der Waals surface area contributed by atoms with E-state index in [0.29, 0.717) is 24.6 Å². The Labute approximate surface area is 219 Å². The molecule has 0 atom stereocenters. The summed E-state index contributed by atoms with van der Waals surface area (Å²) in [4.78, 5) is 33.1. The maximum absolute atomic E-state index is 13.2. The van der Waals surface area contributed by atoms with Gasteiger partial charge in [-0.05, 0) is 55.1 Å². The van der Waals surface area contributed by atoms with E-state index in [9.17, 15) is 18.5 Å². The van der Waals surface area contributed by atoms with Crippen molar-refractivity contribution in [3.8, 4) is 6.07 Å². The summed E-state index contributed by atoms with van der Waals surface area (Å²) in [5.74, 6) is 0.235. The number of nitrogens with zero attached hydrogens (tertiary/aromatic N) is 8. The van der Waals surface area contributed by atoms with Crippen LogP contribution >= 0.6 is 11.9 Å². The molecule has 2 aliphatic rings. The van der Waals surface area contributed by atoms with Crippen molar-refractivity contribution in [2.45, 2.75) is 18.2 Å². The minimum atomic E-state index is -3.56. The van der Waals surface area contributed by atoms with Crippen LogP contribution in [-0.4, -0.2) is 77.2 Å². The molecule has 37 heavy (non-hydrogen) atoms. The standard InChI is InChI=1S/C23H25N9O3S2/c1-16-13-18(15-24)27-23(26-16)29-9-11-30(12-10-29)36-19-3-4-20-17(14-19)5-7-31(20)22(33)21-25-6-8-32(21)28-37(2,34)35/h3-4,6,8,13-14,28H,5,7,9-12H2,1-2H3. The maximum atomic E-state index is 13.2. The van der Waals surface area contributed by atoms with Gasteiger partial charge in [-0.2, -0.15) is 5.26 Å². The minimum Gasteiger partial charge on any atom is -0.338 e. The molecule has 1 saturated heterocycles. The number of nitriles is 1. The molecular weight excluding hydrogens is 514 g/mol. The molecule has 2 aromatic heterocycles. The van der Waals surface area contributed by atoms with Gasteiger partial charge in [0.15, 0.2) is 0 Å². The fourth-order valence-corrected chi connectivity index (χ4v) is 5.83. The second-order valence-corrected chi connectivity index (χ2v) is 11.7. The van der Waals surface area contributed by atoms with Crippen LogP contribution in [0.3, 0.4) is 0 Å². The average molecular weight is 540 g/mol. The van der Waals surface area contributed by atoms with E-state index in [4.69, 9.17) is 0 Å². The number of rotatable bonds is 6. The first kappa shape index (κ1) is 25.0. The Bertz CT molecular complexity index is 1490. The number of fused-ring (bicyclic) bond motifs is 1. The number of anilines is 2. The van der Waals surface area contributed by atoms with Crippen LogP contribution < -0.4 is 14.6 Å². The summed E-state index contributed by atoms with van der Waals surface area (Å²) >= 11 is 1.67. The molecule has 192 valence electrons. The highest BCUT2D eigenvalue weighted by molar-refractivity contribution is 7.97. The lowest BCUT2D eigenvalue weighted by Crippen LogP contribution is -2.44. The van der Waals surface area contributed by atoms with Gasteiger partial charge in [0.2, 0.25) is 21.8 Å². The highest BCUT2D eigenvalue weighted by Gasteiger charge is 2.29. The highest BCUT2D eigenvalue weighted by Crippen LogP contribution is 2.34. The van der Waals surface area contributed by atoms with Gasteiger partial charge in [0, 0.05) is 61.4 Å². The van der Waals surface area contributed by atoms with Crippen molar-refractivity contribution in [1.29, 1.82) is 5.26 Å². The lowest BCUT2D eigenvalue weighted by atomic mass is 10.2. The van der Waals surface area contributed by atoms with Gasteiger partial charge in [0.1, 0.15) is 11.8 Å². The molecule has 0 spiro atoms. The summed E-state index contributed by atoms with van der Waals surface area (Å²) in [6, 6.07) is 9.79. The zero-order valence-corrected chi connectivity index (χ0v) is 22.0. The van der Waals surface area contributed by atoms with Gasteiger partial charge in [-0.1, -0.05) is 0 Å². The van der Waals surface area contributed by atoms with E-state index >= 15 is 0 Å². The van der Waals surface area contributed by atoms with Crippen LogP contribution in [0.25, 0.3) is 0 Å². The fourth-order valence-electron chi connectivity index (χ4n) is 4.36. The Morgan fingerprint density at radius 1 is 1.14 bits per heavy atom. The van der Waals surface area contributed by atoms with Crippen LogP contribution in [0, 0.1) is 18.3 Å². The molecule has 0 bridgehead atoms. The van der Waals surface area contributed by atoms with Crippen molar-refractivity contribution < 1.29 is 13.2 Å². The van der Waals surface area contributed by atoms with Gasteiger partial charge in [-0.15, -0.1) is 0 Å². The molecule has 1 aromatic carbocycles. The highest BCUT2D eigenvalue weighted by atomic mass is 32.2. The second kappa shape index (κ2) is 10.0. The Morgan fingerprint density at radius 2 is 1.92 bits per heavy atom. The Kier molecular flexibility index (Phi) is 6.76. The lowest BCUT2D eigenvalue weighted by Gasteiger charge is -2.34. The first-order valence-corrected chi connectivity index (χ1v) is 14.3. The zero-order valence-electron chi connectivity index (χ0n) is 20.3. The quantitative estimate of drug-likeness (QED) is 0.457. The predicted molar refractivity (Wildman–Crippen MR) is 139 cm³/mol. The molecule has 4 heterocycles. The zero-order chi connectivity index (χ0) is 26.2. The fraction of sp³-hybridized carbons (Fsp3) is 0.348. The molecule has 0 saturated carbocycles. The SMILES string of the molecule is Cc1cc(C#N)nc(N2CCN(Sc3ccc4c(c3)CCN4C(=O)c3nccn3NS(C)(=O)=O)CC2)n1. The second-order valence-electron chi connectivity index (χ2n) is 8.80. The smallest absolute Gasteiger partial charge is 0.296 e. The number of benzene rings is 1. The minimum absolute atomic E-state index is 0.00841. The number of aryl methyl sites for hydroxylation is 1. The van der Waals surface area contributed by atoms with E-state index < -0.39 is 10.0 Å². The van der Waals surface area contributed by atoms with Gasteiger partial charge in [0.05, 0.1) is 6.26 Å². The molecule has 2 aliphatic heterocycles. The number of amides is 1. The van der Waals surface area contributed by atoms with Crippen LogP contribution in [-0.2, 0) is 16.4 Å². The largest absolute Gasteiger partial charge is 0.338 e. The number of sulfonamides is 1. The third-order valence-electron chi connectivity index (χ3n) is 6.00. The molecule has 5 rings (SSSR count). The average Bonchev–Trinajstić information content (AvgIpc) is 3.49. The van der Waals surface area contributed by atoms with Crippen LogP contribution in [0.2, 0.25) is 0 Å². The van der Waals surface area contributed by atoms with Crippen molar-refractivity contribution in [3.63, 3.8) is 0 Å². The number of aromatic nitrogens is 4. The van der Waals surface area contributed by atoms with E-state index in [1.165, 1.54) is 12.4 Å². The van der Waals surface area contributed by atoms with Crippen molar-refractivity contribution in [2.24, 2.45) is 0 Å². The Morgan fingerprint density at radius 3 is 2.65 bits per heavy atom. The van der Waals surface area contributed by atoms with Gasteiger partial charge in [0.25, 0.3) is 5.91 Å². The van der Waals surface area contributed by atoms with Crippen LogP contribution in [0.5, 0.6) is 0 Å². The van der Waals surface area contributed by atoms with Crippen LogP contribution in [0.4, 0.5) is 11.6 Å². The van der Waals surface area contributed by atoms with E-state index in [1.54, 1.807) is 22.9 Å². The van der Waals surface area contributed by atoms with Crippen molar-refractivity contribution in [1.82, 2.24) is 23.9 Å². The molecule has 12 nitrogen and oxygen atoms in total. The topological polar surface area (TPSA) is 140 Å². The van der Waals surface area contributed by atoms with Crippen LogP contribution in [0.1, 0.15) is 27.6 Å². The van der Waals surface area contributed by atoms with Crippen molar-refractivity contribution in [3.05, 3.63) is 59.4 Å². The summed E-state index contributed by atoms with van der Waals surface area (Å²) in [6.45, 7) is 5.48. The van der Waals surface area contributed by atoms with Crippen molar-refractivity contribution in [2.75, 3.05) is 53.6 Å². The first-order chi connectivity index (χ1) is 17.7. The monoisotopic (exact) mass is 539 g/mol. The summed E-state index contributed by atoms with van der Waals surface area (Å²) in [7, 11) is -3.56. The summed E-state index contributed by atoms with van der Waals surface area (Å²) in [5.41, 5.74) is 3.02. The lowest BCUT2D eigenvalue weighted by molar-refractivity contribution is 0.0977. The number of carbonyl (C=O) groups excluding carboxylic acids is 1. The predicted octanol–water partition coefficient (Wildman–Crippen LogP) is 1.39. The molecule has 0 aliphatic carbocycles. The molecule has 0 unspecified atom stereocenters. The molecule has 1 N–H and O–H groups in total. The van der Waals surface area contributed by atoms with Crippen LogP contribution in [0.15, 0.2) is 41.6 Å². The molecule has 1 amide bonds. The molecule has 1 fully saturated rings.